The maximum atomic E-state index is 13.4. The van der Waals surface area contributed by atoms with Crippen LogP contribution in [0, 0.1) is 5.92 Å². The zero-order chi connectivity index (χ0) is 21.5. The van der Waals surface area contributed by atoms with Crippen LogP contribution in [0.3, 0.4) is 0 Å². The number of benzene rings is 1. The molecule has 1 atom stereocenters. The maximum Gasteiger partial charge on any atom is 0.253 e. The van der Waals surface area contributed by atoms with Gasteiger partial charge in [0.15, 0.2) is 0 Å². The Hall–Kier alpha value is -2.15. The molecule has 4 rings (SSSR count). The lowest BCUT2D eigenvalue weighted by atomic mass is 9.87. The van der Waals surface area contributed by atoms with Crippen molar-refractivity contribution >= 4 is 34.3 Å². The topological polar surface area (TPSA) is 54.3 Å². The summed E-state index contributed by atoms with van der Waals surface area (Å²) >= 11 is 6.43. The maximum absolute atomic E-state index is 13.4. The first-order valence-corrected chi connectivity index (χ1v) is 10.8. The number of likely N-dealkylation sites (N-methyl/N-ethyl adjacent to an activating group) is 1. The third-order valence-electron chi connectivity index (χ3n) is 6.53. The van der Waals surface area contributed by atoms with Crippen molar-refractivity contribution in [3.05, 3.63) is 35.0 Å². The van der Waals surface area contributed by atoms with Crippen LogP contribution in [0.15, 0.2) is 24.4 Å². The number of nitrogens with zero attached hydrogens (tertiary/aromatic N) is 2. The van der Waals surface area contributed by atoms with E-state index in [1.165, 1.54) is 0 Å². The number of hydrogen-bond donors (Lipinski definition) is 1. The minimum Gasteiger partial charge on any atom is -0.352 e. The summed E-state index contributed by atoms with van der Waals surface area (Å²) in [4.78, 5) is 26.6. The quantitative estimate of drug-likeness (QED) is 0.750. The van der Waals surface area contributed by atoms with Crippen LogP contribution in [-0.4, -0.2) is 46.8 Å². The van der Waals surface area contributed by atoms with Gasteiger partial charge in [-0.05, 0) is 37.3 Å². The molecule has 1 aliphatic heterocycles. The number of aromatic nitrogens is 1. The fraction of sp³-hybridized carbons (Fsp3) is 0.545. The smallest absolute Gasteiger partial charge is 0.253 e. The Kier molecular flexibility index (Phi) is 5.75. The summed E-state index contributed by atoms with van der Waals surface area (Å²) in [7, 11) is 1.81. The van der Waals surface area contributed by atoms with E-state index in [0.29, 0.717) is 48.3 Å². The minimum absolute atomic E-state index is 0.0653. The molecule has 162 valence electrons. The van der Waals surface area contributed by atoms with Crippen LogP contribution in [0.1, 0.15) is 48.9 Å². The second-order valence-corrected chi connectivity index (χ2v) is 8.94. The Bertz CT molecular complexity index is 965. The van der Waals surface area contributed by atoms with Gasteiger partial charge >= 0.3 is 0 Å². The fourth-order valence-electron chi connectivity index (χ4n) is 4.57. The largest absolute Gasteiger partial charge is 0.352 e. The van der Waals surface area contributed by atoms with Gasteiger partial charge in [0.2, 0.25) is 11.8 Å². The monoisotopic (exact) mass is 437 g/mol. The molecular weight excluding hydrogens is 412 g/mol. The molecule has 1 aromatic heterocycles. The van der Waals surface area contributed by atoms with Gasteiger partial charge in [-0.1, -0.05) is 17.7 Å². The van der Waals surface area contributed by atoms with E-state index in [1.54, 1.807) is 24.2 Å². The number of carbonyl (C=O) groups is 2. The number of amides is 2. The van der Waals surface area contributed by atoms with Crippen LogP contribution < -0.4 is 5.32 Å². The van der Waals surface area contributed by atoms with Gasteiger partial charge < -0.3 is 14.8 Å². The Balaban J connectivity index is 1.52. The first kappa shape index (κ1) is 21.1. The molecule has 1 aromatic carbocycles. The van der Waals surface area contributed by atoms with Crippen LogP contribution in [0.25, 0.3) is 10.9 Å². The summed E-state index contributed by atoms with van der Waals surface area (Å²) in [6.07, 6.45) is 3.70. The van der Waals surface area contributed by atoms with Gasteiger partial charge in [-0.3, -0.25) is 9.59 Å². The standard InChI is InChI=1S/C22H26ClF2N3O2/c1-27-15(5-6-19(27)29)12-28-13-16(20-17(23)3-2-4-18(20)28)21(30)26-11-14-7-9-22(24,25)10-8-14/h2-4,13-15H,5-12H2,1H3,(H,26,30). The highest BCUT2D eigenvalue weighted by molar-refractivity contribution is 6.36. The number of carbonyl (C=O) groups excluding carboxylic acids is 2. The Morgan fingerprint density at radius 1 is 1.27 bits per heavy atom. The number of hydrogen-bond acceptors (Lipinski definition) is 2. The zero-order valence-corrected chi connectivity index (χ0v) is 17.7. The molecule has 0 bridgehead atoms. The molecule has 1 saturated carbocycles. The summed E-state index contributed by atoms with van der Waals surface area (Å²) in [6, 6.07) is 5.58. The third kappa shape index (κ3) is 4.17. The van der Waals surface area contributed by atoms with Crippen molar-refractivity contribution in [2.24, 2.45) is 5.92 Å². The van der Waals surface area contributed by atoms with E-state index in [1.807, 2.05) is 16.7 Å². The van der Waals surface area contributed by atoms with Crippen LogP contribution in [0.4, 0.5) is 8.78 Å². The first-order chi connectivity index (χ1) is 14.2. The highest BCUT2D eigenvalue weighted by Gasteiger charge is 2.35. The molecule has 2 fully saturated rings. The molecule has 1 saturated heterocycles. The van der Waals surface area contributed by atoms with E-state index >= 15 is 0 Å². The normalized spacial score (nSPS) is 22.1. The van der Waals surface area contributed by atoms with Crippen molar-refractivity contribution in [2.75, 3.05) is 13.6 Å². The number of alkyl halides is 2. The van der Waals surface area contributed by atoms with Gasteiger partial charge in [0.25, 0.3) is 5.91 Å². The molecule has 0 radical (unpaired) electrons. The summed E-state index contributed by atoms with van der Waals surface area (Å²) < 4.78 is 28.7. The van der Waals surface area contributed by atoms with Crippen LogP contribution in [0.2, 0.25) is 5.02 Å². The van der Waals surface area contributed by atoms with Crippen molar-refractivity contribution in [2.45, 2.75) is 57.0 Å². The predicted octanol–water partition coefficient (Wildman–Crippen LogP) is 4.47. The van der Waals surface area contributed by atoms with Gasteiger partial charge in [-0.2, -0.15) is 0 Å². The second-order valence-electron chi connectivity index (χ2n) is 8.54. The summed E-state index contributed by atoms with van der Waals surface area (Å²) in [5, 5.41) is 4.09. The average Bonchev–Trinajstić information content (AvgIpc) is 3.23. The Labute approximate surface area is 179 Å². The van der Waals surface area contributed by atoms with E-state index in [9.17, 15) is 18.4 Å². The summed E-state index contributed by atoms with van der Waals surface area (Å²) in [6.45, 7) is 0.968. The molecule has 2 heterocycles. The molecule has 2 amide bonds. The average molecular weight is 438 g/mol. The molecule has 2 aromatic rings. The number of nitrogens with one attached hydrogen (secondary N) is 1. The van der Waals surface area contributed by atoms with Gasteiger partial charge in [0, 0.05) is 57.0 Å². The molecule has 2 aliphatic rings. The highest BCUT2D eigenvalue weighted by atomic mass is 35.5. The Morgan fingerprint density at radius 2 is 2.00 bits per heavy atom. The van der Waals surface area contributed by atoms with Gasteiger partial charge in [0.1, 0.15) is 0 Å². The van der Waals surface area contributed by atoms with Crippen LogP contribution in [-0.2, 0) is 11.3 Å². The van der Waals surface area contributed by atoms with E-state index < -0.39 is 5.92 Å². The molecule has 30 heavy (non-hydrogen) atoms. The van der Waals surface area contributed by atoms with E-state index in [2.05, 4.69) is 5.32 Å². The number of halogens is 3. The number of likely N-dealkylation sites (tertiary alicyclic amines) is 1. The first-order valence-electron chi connectivity index (χ1n) is 10.4. The van der Waals surface area contributed by atoms with E-state index in [-0.39, 0.29) is 36.6 Å². The van der Waals surface area contributed by atoms with Crippen LogP contribution in [0.5, 0.6) is 0 Å². The fourth-order valence-corrected chi connectivity index (χ4v) is 4.84. The van der Waals surface area contributed by atoms with Crippen molar-refractivity contribution < 1.29 is 18.4 Å². The lowest BCUT2D eigenvalue weighted by molar-refractivity contribution is -0.127. The van der Waals surface area contributed by atoms with E-state index in [4.69, 9.17) is 11.6 Å². The molecular formula is C22H26ClF2N3O2. The molecule has 1 N–H and O–H groups in total. The molecule has 8 heteroatoms. The van der Waals surface area contributed by atoms with Crippen molar-refractivity contribution in [1.82, 2.24) is 14.8 Å². The summed E-state index contributed by atoms with van der Waals surface area (Å²) in [5.74, 6) is -2.63. The van der Waals surface area contributed by atoms with Crippen molar-refractivity contribution in [3.63, 3.8) is 0 Å². The summed E-state index contributed by atoms with van der Waals surface area (Å²) in [5.41, 5.74) is 1.32. The second kappa shape index (κ2) is 8.17. The molecule has 5 nitrogen and oxygen atoms in total. The van der Waals surface area contributed by atoms with Gasteiger partial charge in [-0.15, -0.1) is 0 Å². The van der Waals surface area contributed by atoms with Crippen LogP contribution >= 0.6 is 11.6 Å². The number of rotatable bonds is 5. The van der Waals surface area contributed by atoms with E-state index in [0.717, 1.165) is 11.9 Å². The predicted molar refractivity (Wildman–Crippen MR) is 112 cm³/mol. The number of fused-ring (bicyclic) bond motifs is 1. The Morgan fingerprint density at radius 3 is 2.67 bits per heavy atom. The molecule has 1 aliphatic carbocycles. The van der Waals surface area contributed by atoms with Crippen molar-refractivity contribution in [3.8, 4) is 0 Å². The third-order valence-corrected chi connectivity index (χ3v) is 6.84. The minimum atomic E-state index is -2.57. The van der Waals surface area contributed by atoms with Gasteiger partial charge in [0.05, 0.1) is 16.1 Å². The van der Waals surface area contributed by atoms with Crippen molar-refractivity contribution in [1.29, 1.82) is 0 Å². The molecule has 0 spiro atoms. The SMILES string of the molecule is CN1C(=O)CCC1Cn1cc(C(=O)NCC2CCC(F)(F)CC2)c2c(Cl)cccc21. The molecule has 1 unspecified atom stereocenters. The zero-order valence-electron chi connectivity index (χ0n) is 17.0. The highest BCUT2D eigenvalue weighted by Crippen LogP contribution is 2.36. The lowest BCUT2D eigenvalue weighted by Gasteiger charge is -2.28. The van der Waals surface area contributed by atoms with Gasteiger partial charge in [-0.25, -0.2) is 8.78 Å². The lowest BCUT2D eigenvalue weighted by Crippen LogP contribution is -2.34.